The summed E-state index contributed by atoms with van der Waals surface area (Å²) in [6, 6.07) is 7.39. The third-order valence-electron chi connectivity index (χ3n) is 2.17. The molecule has 0 aliphatic rings. The van der Waals surface area contributed by atoms with E-state index in [1.807, 2.05) is 26.0 Å². The molecule has 0 spiro atoms. The van der Waals surface area contributed by atoms with Crippen LogP contribution in [0.15, 0.2) is 24.3 Å². The van der Waals surface area contributed by atoms with Crippen LogP contribution in [0, 0.1) is 13.8 Å². The van der Waals surface area contributed by atoms with Crippen LogP contribution in [-0.4, -0.2) is 15.2 Å². The summed E-state index contributed by atoms with van der Waals surface area (Å²) in [5, 5.41) is 10.8. The van der Waals surface area contributed by atoms with Crippen molar-refractivity contribution in [3.8, 4) is 0 Å². The fraction of sp³-hybridized carbons (Fsp3) is 0.182. The average molecular weight is 215 g/mol. The maximum absolute atomic E-state index is 5.46. The fourth-order valence-electron chi connectivity index (χ4n) is 1.37. The van der Waals surface area contributed by atoms with Crippen molar-refractivity contribution < 1.29 is 0 Å². The van der Waals surface area contributed by atoms with E-state index in [9.17, 15) is 0 Å². The van der Waals surface area contributed by atoms with E-state index in [1.165, 1.54) is 0 Å². The monoisotopic (exact) mass is 215 g/mol. The second-order valence-corrected chi connectivity index (χ2v) is 3.55. The van der Waals surface area contributed by atoms with Crippen molar-refractivity contribution in [1.82, 2.24) is 15.2 Å². The zero-order valence-corrected chi connectivity index (χ0v) is 9.23. The first kappa shape index (κ1) is 10.4. The lowest BCUT2D eigenvalue weighted by Crippen LogP contribution is -2.00. The van der Waals surface area contributed by atoms with Gasteiger partial charge in [-0.05, 0) is 38.1 Å². The van der Waals surface area contributed by atoms with Crippen LogP contribution in [0.1, 0.15) is 11.4 Å². The number of nitrogens with zero attached hydrogens (tertiary/aromatic N) is 3. The van der Waals surface area contributed by atoms with Gasteiger partial charge in [0.1, 0.15) is 5.82 Å². The summed E-state index contributed by atoms with van der Waals surface area (Å²) < 4.78 is 0. The average Bonchev–Trinajstić information content (AvgIpc) is 2.25. The van der Waals surface area contributed by atoms with Crippen molar-refractivity contribution in [2.24, 2.45) is 0 Å². The normalized spacial score (nSPS) is 10.1. The Kier molecular flexibility index (Phi) is 2.68. The molecule has 5 nitrogen and oxygen atoms in total. The number of hydrogen-bond donors (Lipinski definition) is 2. The number of anilines is 3. The number of hydrogen-bond acceptors (Lipinski definition) is 5. The Hall–Kier alpha value is -2.17. The van der Waals surface area contributed by atoms with E-state index in [4.69, 9.17) is 5.73 Å². The predicted octanol–water partition coefficient (Wildman–Crippen LogP) is 1.81. The first-order valence-corrected chi connectivity index (χ1v) is 4.95. The maximum Gasteiger partial charge on any atom is 0.153 e. The number of aryl methyl sites for hydroxylation is 2. The molecule has 0 saturated heterocycles. The van der Waals surface area contributed by atoms with E-state index in [0.717, 1.165) is 17.1 Å². The molecule has 0 unspecified atom stereocenters. The molecule has 0 radical (unpaired) electrons. The first-order valence-electron chi connectivity index (χ1n) is 4.95. The van der Waals surface area contributed by atoms with Crippen molar-refractivity contribution in [2.45, 2.75) is 13.8 Å². The van der Waals surface area contributed by atoms with Gasteiger partial charge in [-0.2, -0.15) is 0 Å². The molecule has 2 aromatic rings. The SMILES string of the molecule is Cc1ccc(Nc2ccc(N)nn2)c(C)n1. The number of pyridine rings is 1. The minimum absolute atomic E-state index is 0.407. The highest BCUT2D eigenvalue weighted by Gasteiger charge is 2.01. The van der Waals surface area contributed by atoms with Crippen LogP contribution in [0.4, 0.5) is 17.3 Å². The number of nitrogens with one attached hydrogen (secondary N) is 1. The summed E-state index contributed by atoms with van der Waals surface area (Å²) in [7, 11) is 0. The molecule has 0 bridgehead atoms. The lowest BCUT2D eigenvalue weighted by atomic mass is 10.2. The van der Waals surface area contributed by atoms with Gasteiger partial charge in [0.05, 0.1) is 11.4 Å². The minimum Gasteiger partial charge on any atom is -0.382 e. The molecule has 0 aliphatic carbocycles. The molecule has 0 saturated carbocycles. The van der Waals surface area contributed by atoms with Gasteiger partial charge in [0.2, 0.25) is 0 Å². The zero-order chi connectivity index (χ0) is 11.5. The molecule has 0 fully saturated rings. The summed E-state index contributed by atoms with van der Waals surface area (Å²) in [6.45, 7) is 3.90. The van der Waals surface area contributed by atoms with E-state index < -0.39 is 0 Å². The van der Waals surface area contributed by atoms with Gasteiger partial charge in [-0.15, -0.1) is 10.2 Å². The molecule has 16 heavy (non-hydrogen) atoms. The van der Waals surface area contributed by atoms with Crippen LogP contribution in [0.2, 0.25) is 0 Å². The molecule has 0 atom stereocenters. The van der Waals surface area contributed by atoms with Crippen LogP contribution in [0.5, 0.6) is 0 Å². The Morgan fingerprint density at radius 3 is 2.50 bits per heavy atom. The lowest BCUT2D eigenvalue weighted by molar-refractivity contribution is 1.04. The fourth-order valence-corrected chi connectivity index (χ4v) is 1.37. The van der Waals surface area contributed by atoms with E-state index >= 15 is 0 Å². The van der Waals surface area contributed by atoms with E-state index in [0.29, 0.717) is 11.6 Å². The van der Waals surface area contributed by atoms with Crippen molar-refractivity contribution >= 4 is 17.3 Å². The molecular formula is C11H13N5. The highest BCUT2D eigenvalue weighted by atomic mass is 15.2. The minimum atomic E-state index is 0.407. The van der Waals surface area contributed by atoms with Crippen LogP contribution < -0.4 is 11.1 Å². The van der Waals surface area contributed by atoms with Gasteiger partial charge >= 0.3 is 0 Å². The number of nitrogens with two attached hydrogens (primary N) is 1. The van der Waals surface area contributed by atoms with Crippen LogP contribution >= 0.6 is 0 Å². The predicted molar refractivity (Wildman–Crippen MR) is 63.4 cm³/mol. The van der Waals surface area contributed by atoms with Crippen molar-refractivity contribution in [2.75, 3.05) is 11.1 Å². The highest BCUT2D eigenvalue weighted by molar-refractivity contribution is 5.58. The standard InChI is InChI=1S/C11H13N5/c1-7-3-4-9(8(2)13-7)14-11-6-5-10(12)15-16-11/h3-6H,1-2H3,(H2,12,15)(H,14,16). The van der Waals surface area contributed by atoms with Gasteiger partial charge < -0.3 is 11.1 Å². The molecule has 0 amide bonds. The van der Waals surface area contributed by atoms with Gasteiger partial charge in [0, 0.05) is 5.69 Å². The van der Waals surface area contributed by atoms with Crippen LogP contribution in [0.3, 0.4) is 0 Å². The summed E-state index contributed by atoms with van der Waals surface area (Å²) in [5.41, 5.74) is 8.30. The smallest absolute Gasteiger partial charge is 0.153 e. The van der Waals surface area contributed by atoms with Crippen LogP contribution in [0.25, 0.3) is 0 Å². The third kappa shape index (κ3) is 2.25. The summed E-state index contributed by atoms with van der Waals surface area (Å²) in [4.78, 5) is 4.35. The van der Waals surface area contributed by atoms with Gasteiger partial charge in [-0.25, -0.2) is 0 Å². The second-order valence-electron chi connectivity index (χ2n) is 3.55. The third-order valence-corrected chi connectivity index (χ3v) is 2.17. The summed E-state index contributed by atoms with van der Waals surface area (Å²) >= 11 is 0. The van der Waals surface area contributed by atoms with Crippen molar-refractivity contribution in [3.63, 3.8) is 0 Å². The molecule has 2 heterocycles. The Morgan fingerprint density at radius 1 is 1.06 bits per heavy atom. The number of nitrogen functional groups attached to an aromatic ring is 1. The quantitative estimate of drug-likeness (QED) is 0.799. The van der Waals surface area contributed by atoms with E-state index in [2.05, 4.69) is 20.5 Å². The second kappa shape index (κ2) is 4.14. The van der Waals surface area contributed by atoms with Gasteiger partial charge in [-0.1, -0.05) is 0 Å². The Morgan fingerprint density at radius 2 is 1.88 bits per heavy atom. The molecule has 5 heteroatoms. The van der Waals surface area contributed by atoms with E-state index in [-0.39, 0.29) is 0 Å². The topological polar surface area (TPSA) is 76.7 Å². The van der Waals surface area contributed by atoms with Crippen molar-refractivity contribution in [3.05, 3.63) is 35.7 Å². The Bertz CT molecular complexity index is 492. The molecular weight excluding hydrogens is 202 g/mol. The molecule has 0 aromatic carbocycles. The summed E-state index contributed by atoms with van der Waals surface area (Å²) in [5.74, 6) is 1.06. The number of rotatable bonds is 2. The largest absolute Gasteiger partial charge is 0.382 e. The number of aromatic nitrogens is 3. The summed E-state index contributed by atoms with van der Waals surface area (Å²) in [6.07, 6.45) is 0. The zero-order valence-electron chi connectivity index (χ0n) is 9.23. The molecule has 82 valence electrons. The Labute approximate surface area is 93.7 Å². The lowest BCUT2D eigenvalue weighted by Gasteiger charge is -2.07. The van der Waals surface area contributed by atoms with Gasteiger partial charge in [0.15, 0.2) is 5.82 Å². The molecule has 0 aliphatic heterocycles. The van der Waals surface area contributed by atoms with Gasteiger partial charge in [0.25, 0.3) is 0 Å². The molecule has 2 rings (SSSR count). The molecule has 3 N–H and O–H groups in total. The maximum atomic E-state index is 5.46. The highest BCUT2D eigenvalue weighted by Crippen LogP contribution is 2.17. The first-order chi connectivity index (χ1) is 7.65. The van der Waals surface area contributed by atoms with Gasteiger partial charge in [-0.3, -0.25) is 4.98 Å². The Balaban J connectivity index is 2.23. The van der Waals surface area contributed by atoms with Crippen molar-refractivity contribution in [1.29, 1.82) is 0 Å². The molecule has 2 aromatic heterocycles. The van der Waals surface area contributed by atoms with Crippen LogP contribution in [-0.2, 0) is 0 Å². The van der Waals surface area contributed by atoms with E-state index in [1.54, 1.807) is 12.1 Å².